The van der Waals surface area contributed by atoms with Crippen LogP contribution in [-0.2, 0) is 21.4 Å². The Morgan fingerprint density at radius 2 is 1.67 bits per heavy atom. The van der Waals surface area contributed by atoms with Crippen LogP contribution in [0.3, 0.4) is 0 Å². The maximum Gasteiger partial charge on any atom is 0.244 e. The van der Waals surface area contributed by atoms with Crippen molar-refractivity contribution in [2.24, 2.45) is 0 Å². The summed E-state index contributed by atoms with van der Waals surface area (Å²) >= 11 is 0. The number of benzene rings is 2. The van der Waals surface area contributed by atoms with Crippen LogP contribution in [0.15, 0.2) is 42.5 Å². The molecular weight excluding hydrogens is 336 g/mol. The van der Waals surface area contributed by atoms with Gasteiger partial charge in [0.15, 0.2) is 0 Å². The number of rotatable bonds is 5. The quantitative estimate of drug-likeness (QED) is 0.822. The second-order valence-corrected chi connectivity index (χ2v) is 7.92. The lowest BCUT2D eigenvalue weighted by Gasteiger charge is -2.25. The Labute approximate surface area is 162 Å². The molecule has 0 aliphatic rings. The van der Waals surface area contributed by atoms with E-state index in [1.165, 1.54) is 12.5 Å². The van der Waals surface area contributed by atoms with Gasteiger partial charge in [-0.3, -0.25) is 9.59 Å². The van der Waals surface area contributed by atoms with Crippen LogP contribution in [0, 0.1) is 6.92 Å². The Morgan fingerprint density at radius 3 is 2.19 bits per heavy atom. The standard InChI is InChI=1S/C23H30N2O2/c1-7-18-10-8-9-16(2)22(18)25(17(3)26)15-21(27)24-20-13-11-19(12-14-20)23(4,5)6/h8-14H,7,15H2,1-6H3,(H,24,27). The number of nitrogens with zero attached hydrogens (tertiary/aromatic N) is 1. The van der Waals surface area contributed by atoms with Crippen molar-refractivity contribution in [3.05, 3.63) is 59.2 Å². The lowest BCUT2D eigenvalue weighted by atomic mass is 9.87. The average Bonchev–Trinajstić information content (AvgIpc) is 2.59. The van der Waals surface area contributed by atoms with E-state index in [4.69, 9.17) is 0 Å². The van der Waals surface area contributed by atoms with Gasteiger partial charge < -0.3 is 10.2 Å². The molecule has 0 saturated heterocycles. The minimum Gasteiger partial charge on any atom is -0.325 e. The molecule has 0 heterocycles. The Balaban J connectivity index is 2.18. The first kappa shape index (κ1) is 20.7. The van der Waals surface area contributed by atoms with Crippen LogP contribution in [0.4, 0.5) is 11.4 Å². The molecule has 27 heavy (non-hydrogen) atoms. The zero-order valence-electron chi connectivity index (χ0n) is 17.2. The minimum atomic E-state index is -0.209. The third-order valence-corrected chi connectivity index (χ3v) is 4.69. The third-order valence-electron chi connectivity index (χ3n) is 4.69. The zero-order valence-corrected chi connectivity index (χ0v) is 17.2. The molecule has 0 aliphatic heterocycles. The summed E-state index contributed by atoms with van der Waals surface area (Å²) < 4.78 is 0. The predicted octanol–water partition coefficient (Wildman–Crippen LogP) is 4.85. The van der Waals surface area contributed by atoms with Crippen LogP contribution in [-0.4, -0.2) is 18.4 Å². The van der Waals surface area contributed by atoms with Crippen molar-refractivity contribution in [2.45, 2.75) is 53.4 Å². The van der Waals surface area contributed by atoms with Crippen molar-refractivity contribution in [3.8, 4) is 0 Å². The molecule has 1 N–H and O–H groups in total. The van der Waals surface area contributed by atoms with Crippen LogP contribution in [0.5, 0.6) is 0 Å². The highest BCUT2D eigenvalue weighted by Gasteiger charge is 2.20. The highest BCUT2D eigenvalue weighted by atomic mass is 16.2. The highest BCUT2D eigenvalue weighted by molar-refractivity contribution is 6.02. The van der Waals surface area contributed by atoms with Gasteiger partial charge in [-0.2, -0.15) is 0 Å². The van der Waals surface area contributed by atoms with Gasteiger partial charge >= 0.3 is 0 Å². The molecule has 2 aromatic rings. The molecule has 2 rings (SSSR count). The Morgan fingerprint density at radius 1 is 1.04 bits per heavy atom. The molecule has 0 radical (unpaired) electrons. The number of para-hydroxylation sites is 1. The van der Waals surface area contributed by atoms with Gasteiger partial charge in [0.2, 0.25) is 11.8 Å². The maximum absolute atomic E-state index is 12.6. The van der Waals surface area contributed by atoms with Crippen LogP contribution in [0.25, 0.3) is 0 Å². The van der Waals surface area contributed by atoms with Gasteiger partial charge in [-0.05, 0) is 47.6 Å². The summed E-state index contributed by atoms with van der Waals surface area (Å²) in [5.41, 5.74) is 4.90. The largest absolute Gasteiger partial charge is 0.325 e. The van der Waals surface area contributed by atoms with E-state index < -0.39 is 0 Å². The van der Waals surface area contributed by atoms with Crippen molar-refractivity contribution in [3.63, 3.8) is 0 Å². The lowest BCUT2D eigenvalue weighted by Crippen LogP contribution is -2.37. The number of amides is 2. The molecule has 4 nitrogen and oxygen atoms in total. The summed E-state index contributed by atoms with van der Waals surface area (Å²) in [7, 11) is 0. The normalized spacial score (nSPS) is 11.2. The van der Waals surface area contributed by atoms with E-state index in [1.807, 2.05) is 56.3 Å². The second kappa shape index (κ2) is 8.38. The first-order valence-corrected chi connectivity index (χ1v) is 9.40. The van der Waals surface area contributed by atoms with Gasteiger partial charge in [-0.15, -0.1) is 0 Å². The SMILES string of the molecule is CCc1cccc(C)c1N(CC(=O)Nc1ccc(C(C)(C)C)cc1)C(C)=O. The number of hydrogen-bond acceptors (Lipinski definition) is 2. The zero-order chi connectivity index (χ0) is 20.2. The summed E-state index contributed by atoms with van der Waals surface area (Å²) in [6, 6.07) is 13.8. The first-order valence-electron chi connectivity index (χ1n) is 9.40. The van der Waals surface area contributed by atoms with Crippen molar-refractivity contribution < 1.29 is 9.59 Å². The second-order valence-electron chi connectivity index (χ2n) is 7.92. The van der Waals surface area contributed by atoms with E-state index in [-0.39, 0.29) is 23.8 Å². The molecule has 0 fully saturated rings. The van der Waals surface area contributed by atoms with Gasteiger partial charge in [0, 0.05) is 12.6 Å². The van der Waals surface area contributed by atoms with Gasteiger partial charge in [0.25, 0.3) is 0 Å². The molecule has 0 saturated carbocycles. The topological polar surface area (TPSA) is 49.4 Å². The number of anilines is 2. The smallest absolute Gasteiger partial charge is 0.244 e. The fraction of sp³-hybridized carbons (Fsp3) is 0.391. The van der Waals surface area contributed by atoms with Gasteiger partial charge in [-0.1, -0.05) is 58.0 Å². The summed E-state index contributed by atoms with van der Waals surface area (Å²) in [6.07, 6.45) is 0.802. The number of nitrogens with one attached hydrogen (secondary N) is 1. The first-order chi connectivity index (χ1) is 12.6. The van der Waals surface area contributed by atoms with Crippen LogP contribution in [0.2, 0.25) is 0 Å². The van der Waals surface area contributed by atoms with Crippen molar-refractivity contribution >= 4 is 23.2 Å². The van der Waals surface area contributed by atoms with Crippen molar-refractivity contribution in [1.29, 1.82) is 0 Å². The summed E-state index contributed by atoms with van der Waals surface area (Å²) in [5.74, 6) is -0.351. The Bertz CT molecular complexity index is 817. The van der Waals surface area contributed by atoms with E-state index >= 15 is 0 Å². The average molecular weight is 367 g/mol. The summed E-state index contributed by atoms with van der Waals surface area (Å²) in [4.78, 5) is 26.4. The lowest BCUT2D eigenvalue weighted by molar-refractivity contribution is -0.120. The van der Waals surface area contributed by atoms with E-state index in [1.54, 1.807) is 4.90 Å². The molecule has 2 aromatic carbocycles. The number of aryl methyl sites for hydroxylation is 2. The molecule has 0 aliphatic carbocycles. The molecule has 4 heteroatoms. The predicted molar refractivity (Wildman–Crippen MR) is 112 cm³/mol. The Hall–Kier alpha value is -2.62. The monoisotopic (exact) mass is 366 g/mol. The summed E-state index contributed by atoms with van der Waals surface area (Å²) in [6.45, 7) is 12.0. The van der Waals surface area contributed by atoms with Gasteiger partial charge in [-0.25, -0.2) is 0 Å². The molecule has 0 unspecified atom stereocenters. The van der Waals surface area contributed by atoms with E-state index in [0.29, 0.717) is 0 Å². The molecule has 0 bridgehead atoms. The fourth-order valence-electron chi connectivity index (χ4n) is 3.14. The molecule has 2 amide bonds. The van der Waals surface area contributed by atoms with Gasteiger partial charge in [0.05, 0.1) is 5.69 Å². The third kappa shape index (κ3) is 5.19. The molecular formula is C23H30N2O2. The summed E-state index contributed by atoms with van der Waals surface area (Å²) in [5, 5.41) is 2.90. The highest BCUT2D eigenvalue weighted by Crippen LogP contribution is 2.26. The Kier molecular flexibility index (Phi) is 6.42. The van der Waals surface area contributed by atoms with E-state index in [0.717, 1.165) is 28.9 Å². The fourth-order valence-corrected chi connectivity index (χ4v) is 3.14. The van der Waals surface area contributed by atoms with Crippen molar-refractivity contribution in [2.75, 3.05) is 16.8 Å². The molecule has 0 aromatic heterocycles. The van der Waals surface area contributed by atoms with Crippen molar-refractivity contribution in [1.82, 2.24) is 0 Å². The van der Waals surface area contributed by atoms with Crippen LogP contribution in [0.1, 0.15) is 51.3 Å². The molecule has 144 valence electrons. The van der Waals surface area contributed by atoms with Gasteiger partial charge in [0.1, 0.15) is 6.54 Å². The van der Waals surface area contributed by atoms with E-state index in [9.17, 15) is 9.59 Å². The molecule has 0 atom stereocenters. The number of carbonyl (C=O) groups is 2. The maximum atomic E-state index is 12.6. The van der Waals surface area contributed by atoms with Crippen LogP contribution >= 0.6 is 0 Å². The van der Waals surface area contributed by atoms with Crippen LogP contribution < -0.4 is 10.2 Å². The van der Waals surface area contributed by atoms with E-state index in [2.05, 4.69) is 26.1 Å². The molecule has 0 spiro atoms. The number of carbonyl (C=O) groups excluding carboxylic acids is 2. The number of hydrogen-bond donors (Lipinski definition) is 1. The minimum absolute atomic E-state index is 0.00575.